The first-order valence-corrected chi connectivity index (χ1v) is 8.69. The fraction of sp³-hybridized carbons (Fsp3) is 0.824. The highest BCUT2D eigenvalue weighted by atomic mass is 16.2. The highest BCUT2D eigenvalue weighted by Gasteiger charge is 2.59. The van der Waals surface area contributed by atoms with Crippen molar-refractivity contribution in [3.8, 4) is 0 Å². The summed E-state index contributed by atoms with van der Waals surface area (Å²) in [5.74, 6) is 0.304. The second-order valence-electron chi connectivity index (χ2n) is 7.63. The molecule has 3 rings (SSSR count). The van der Waals surface area contributed by atoms with Crippen LogP contribution in [0.15, 0.2) is 0 Å². The molecular weight excluding hydrogens is 294 g/mol. The molecule has 0 aromatic rings. The Bertz CT molecular complexity index is 527. The Kier molecular flexibility index (Phi) is 4.10. The summed E-state index contributed by atoms with van der Waals surface area (Å²) in [4.78, 5) is 43.0. The van der Waals surface area contributed by atoms with Crippen LogP contribution in [0.5, 0.6) is 0 Å². The van der Waals surface area contributed by atoms with Gasteiger partial charge in [-0.1, -0.05) is 13.8 Å². The van der Waals surface area contributed by atoms with Gasteiger partial charge in [-0.05, 0) is 12.8 Å². The van der Waals surface area contributed by atoms with Gasteiger partial charge in [0.05, 0.1) is 5.41 Å². The van der Waals surface area contributed by atoms with E-state index in [2.05, 4.69) is 0 Å². The first-order chi connectivity index (χ1) is 10.8. The third kappa shape index (κ3) is 2.62. The molecule has 3 aliphatic heterocycles. The van der Waals surface area contributed by atoms with Crippen LogP contribution in [0.2, 0.25) is 0 Å². The molecule has 6 nitrogen and oxygen atoms in total. The molecule has 3 aliphatic rings. The number of fused-ring (bicyclic) bond motifs is 1. The molecule has 0 spiro atoms. The summed E-state index contributed by atoms with van der Waals surface area (Å²) in [6.45, 7) is 9.10. The summed E-state index contributed by atoms with van der Waals surface area (Å²) < 4.78 is 0. The van der Waals surface area contributed by atoms with Gasteiger partial charge >= 0.3 is 0 Å². The molecule has 0 unspecified atom stereocenters. The average molecular weight is 321 g/mol. The van der Waals surface area contributed by atoms with Gasteiger partial charge in [-0.25, -0.2) is 0 Å². The minimum absolute atomic E-state index is 0.0229. The first-order valence-electron chi connectivity index (χ1n) is 8.69. The summed E-state index contributed by atoms with van der Waals surface area (Å²) in [5.41, 5.74) is -0.583. The van der Waals surface area contributed by atoms with Crippen molar-refractivity contribution in [1.29, 1.82) is 0 Å². The Labute approximate surface area is 137 Å². The lowest BCUT2D eigenvalue weighted by atomic mass is 9.79. The van der Waals surface area contributed by atoms with Gasteiger partial charge in [-0.3, -0.25) is 14.4 Å². The zero-order valence-corrected chi connectivity index (χ0v) is 14.4. The maximum Gasteiger partial charge on any atom is 0.232 e. The molecule has 3 amide bonds. The van der Waals surface area contributed by atoms with Crippen LogP contribution in [-0.2, 0) is 14.4 Å². The monoisotopic (exact) mass is 321 g/mol. The largest absolute Gasteiger partial charge is 0.342 e. The molecule has 0 aromatic carbocycles. The van der Waals surface area contributed by atoms with E-state index < -0.39 is 5.41 Å². The van der Waals surface area contributed by atoms with Crippen molar-refractivity contribution in [1.82, 2.24) is 14.7 Å². The molecule has 128 valence electrons. The molecule has 2 atom stereocenters. The molecule has 0 bridgehead atoms. The number of amides is 3. The van der Waals surface area contributed by atoms with E-state index in [1.807, 2.05) is 23.6 Å². The second-order valence-corrected chi connectivity index (χ2v) is 7.63. The van der Waals surface area contributed by atoms with E-state index in [9.17, 15) is 14.4 Å². The quantitative estimate of drug-likeness (QED) is 0.747. The number of hydrogen-bond acceptors (Lipinski definition) is 3. The molecule has 3 saturated heterocycles. The zero-order chi connectivity index (χ0) is 16.8. The number of carbonyl (C=O) groups is 3. The molecular formula is C17H27N3O3. The number of rotatable bonds is 2. The first kappa shape index (κ1) is 16.3. The summed E-state index contributed by atoms with van der Waals surface area (Å²) in [7, 11) is 0. The topological polar surface area (TPSA) is 60.9 Å². The van der Waals surface area contributed by atoms with Crippen LogP contribution in [-0.4, -0.2) is 71.7 Å². The van der Waals surface area contributed by atoms with Gasteiger partial charge in [-0.15, -0.1) is 0 Å². The van der Waals surface area contributed by atoms with Crippen molar-refractivity contribution < 1.29 is 14.4 Å². The second kappa shape index (κ2) is 5.80. The molecule has 3 fully saturated rings. The van der Waals surface area contributed by atoms with Crippen LogP contribution in [0.3, 0.4) is 0 Å². The highest BCUT2D eigenvalue weighted by Crippen LogP contribution is 2.44. The van der Waals surface area contributed by atoms with Crippen molar-refractivity contribution in [2.75, 3.05) is 39.3 Å². The summed E-state index contributed by atoms with van der Waals surface area (Å²) in [6.07, 6.45) is 2.11. The van der Waals surface area contributed by atoms with E-state index in [4.69, 9.17) is 0 Å². The van der Waals surface area contributed by atoms with Gasteiger partial charge in [0.25, 0.3) is 0 Å². The molecule has 23 heavy (non-hydrogen) atoms. The smallest absolute Gasteiger partial charge is 0.232 e. The highest BCUT2D eigenvalue weighted by molar-refractivity contribution is 5.88. The van der Waals surface area contributed by atoms with E-state index in [1.54, 1.807) is 11.8 Å². The van der Waals surface area contributed by atoms with Crippen molar-refractivity contribution >= 4 is 17.7 Å². The Hall–Kier alpha value is -1.59. The normalized spacial score (nSPS) is 30.3. The predicted molar refractivity (Wildman–Crippen MR) is 85.4 cm³/mol. The lowest BCUT2D eigenvalue weighted by Crippen LogP contribution is -2.49. The Morgan fingerprint density at radius 2 is 1.52 bits per heavy atom. The van der Waals surface area contributed by atoms with E-state index in [-0.39, 0.29) is 29.6 Å². The Morgan fingerprint density at radius 3 is 2.09 bits per heavy atom. The Balaban J connectivity index is 1.86. The van der Waals surface area contributed by atoms with Crippen LogP contribution in [0.1, 0.15) is 33.6 Å². The standard InChI is InChI=1S/C17H27N3O3/c1-12(2)15(22)20-9-14-8-19(13(3)21)10-17(14,11-20)16(23)18-6-4-5-7-18/h12,14H,4-11H2,1-3H3/t14-,17-/m1/s1. The van der Waals surface area contributed by atoms with Crippen LogP contribution in [0, 0.1) is 17.3 Å². The van der Waals surface area contributed by atoms with Crippen LogP contribution in [0.25, 0.3) is 0 Å². The third-order valence-electron chi connectivity index (χ3n) is 5.68. The molecule has 6 heteroatoms. The maximum atomic E-state index is 13.2. The average Bonchev–Trinajstić information content (AvgIpc) is 3.19. The lowest BCUT2D eigenvalue weighted by Gasteiger charge is -2.32. The van der Waals surface area contributed by atoms with E-state index in [0.29, 0.717) is 26.2 Å². The van der Waals surface area contributed by atoms with Crippen molar-refractivity contribution in [3.05, 3.63) is 0 Å². The van der Waals surface area contributed by atoms with E-state index >= 15 is 0 Å². The fourth-order valence-corrected chi connectivity index (χ4v) is 4.38. The van der Waals surface area contributed by atoms with Crippen LogP contribution >= 0.6 is 0 Å². The molecule has 0 N–H and O–H groups in total. The van der Waals surface area contributed by atoms with Gasteiger partial charge in [0.1, 0.15) is 0 Å². The molecule has 0 radical (unpaired) electrons. The minimum atomic E-state index is -0.583. The van der Waals surface area contributed by atoms with Gasteiger partial charge in [0.15, 0.2) is 0 Å². The van der Waals surface area contributed by atoms with Crippen LogP contribution < -0.4 is 0 Å². The number of hydrogen-bond donors (Lipinski definition) is 0. The zero-order valence-electron chi connectivity index (χ0n) is 14.4. The predicted octanol–water partition coefficient (Wildman–Crippen LogP) is 0.572. The summed E-state index contributed by atoms with van der Waals surface area (Å²) in [5, 5.41) is 0. The van der Waals surface area contributed by atoms with Gasteiger partial charge in [0.2, 0.25) is 17.7 Å². The van der Waals surface area contributed by atoms with Gasteiger partial charge < -0.3 is 14.7 Å². The van der Waals surface area contributed by atoms with Crippen molar-refractivity contribution in [2.45, 2.75) is 33.6 Å². The van der Waals surface area contributed by atoms with E-state index in [1.165, 1.54) is 0 Å². The molecule has 3 heterocycles. The SMILES string of the molecule is CC(=O)N1C[C@@H]2CN(C(=O)C(C)C)C[C@]2(C(=O)N2CCCC2)C1. The third-order valence-corrected chi connectivity index (χ3v) is 5.68. The lowest BCUT2D eigenvalue weighted by molar-refractivity contribution is -0.142. The maximum absolute atomic E-state index is 13.2. The summed E-state index contributed by atoms with van der Waals surface area (Å²) in [6, 6.07) is 0. The molecule has 0 saturated carbocycles. The fourth-order valence-electron chi connectivity index (χ4n) is 4.38. The number of nitrogens with zero attached hydrogens (tertiary/aromatic N) is 3. The van der Waals surface area contributed by atoms with Crippen molar-refractivity contribution in [3.63, 3.8) is 0 Å². The van der Waals surface area contributed by atoms with E-state index in [0.717, 1.165) is 25.9 Å². The van der Waals surface area contributed by atoms with Gasteiger partial charge in [0, 0.05) is 58.0 Å². The number of carbonyl (C=O) groups excluding carboxylic acids is 3. The van der Waals surface area contributed by atoms with Crippen LogP contribution in [0.4, 0.5) is 0 Å². The molecule has 0 aromatic heterocycles. The Morgan fingerprint density at radius 1 is 0.957 bits per heavy atom. The minimum Gasteiger partial charge on any atom is -0.342 e. The summed E-state index contributed by atoms with van der Waals surface area (Å²) >= 11 is 0. The number of likely N-dealkylation sites (tertiary alicyclic amines) is 3. The van der Waals surface area contributed by atoms with Gasteiger partial charge in [-0.2, -0.15) is 0 Å². The van der Waals surface area contributed by atoms with Crippen molar-refractivity contribution in [2.24, 2.45) is 17.3 Å². The molecule has 0 aliphatic carbocycles.